The number of hydrogen-bond donors (Lipinski definition) is 1. The van der Waals surface area contributed by atoms with Gasteiger partial charge in [0.25, 0.3) is 0 Å². The van der Waals surface area contributed by atoms with E-state index in [1.165, 1.54) is 0 Å². The van der Waals surface area contributed by atoms with Gasteiger partial charge >= 0.3 is 0 Å². The number of benzene rings is 2. The van der Waals surface area contributed by atoms with Crippen LogP contribution in [-0.4, -0.2) is 0 Å². The Labute approximate surface area is 101 Å². The third-order valence-electron chi connectivity index (χ3n) is 2.78. The molecule has 2 aromatic carbocycles. The highest BCUT2D eigenvalue weighted by atomic mass is 14.5. The lowest BCUT2D eigenvalue weighted by molar-refractivity contribution is 0.849. The molecule has 2 heteroatoms. The second-order valence-electron chi connectivity index (χ2n) is 4.04. The van der Waals surface area contributed by atoms with Crippen molar-refractivity contribution in [2.75, 3.05) is 5.73 Å². The first kappa shape index (κ1) is 11.2. The highest BCUT2D eigenvalue weighted by Gasteiger charge is 2.10. The van der Waals surface area contributed by atoms with Crippen LogP contribution in [0.4, 0.5) is 5.69 Å². The van der Waals surface area contributed by atoms with Crippen molar-refractivity contribution in [3.8, 4) is 6.07 Å². The lowest BCUT2D eigenvalue weighted by Gasteiger charge is -2.09. The van der Waals surface area contributed by atoms with E-state index in [1.54, 1.807) is 0 Å². The molecule has 2 N–H and O–H groups in total. The Hall–Kier alpha value is -2.27. The second kappa shape index (κ2) is 5.18. The molecule has 1 unspecified atom stereocenters. The fraction of sp³-hybridized carbons (Fsp3) is 0.133. The lowest BCUT2D eigenvalue weighted by atomic mass is 9.93. The molecule has 0 radical (unpaired) electrons. The maximum Gasteiger partial charge on any atom is 0.0753 e. The van der Waals surface area contributed by atoms with Gasteiger partial charge in [0.15, 0.2) is 0 Å². The summed E-state index contributed by atoms with van der Waals surface area (Å²) in [4.78, 5) is 0. The van der Waals surface area contributed by atoms with E-state index < -0.39 is 0 Å². The highest BCUT2D eigenvalue weighted by molar-refractivity contribution is 5.40. The van der Waals surface area contributed by atoms with E-state index in [-0.39, 0.29) is 5.92 Å². The summed E-state index contributed by atoms with van der Waals surface area (Å²) in [5.74, 6) is -0.0974. The van der Waals surface area contributed by atoms with E-state index >= 15 is 0 Å². The molecule has 84 valence electrons. The molecule has 0 spiro atoms. The van der Waals surface area contributed by atoms with Gasteiger partial charge in [0.2, 0.25) is 0 Å². The molecule has 2 aromatic rings. The van der Waals surface area contributed by atoms with Gasteiger partial charge in [0, 0.05) is 5.69 Å². The molecule has 0 amide bonds. The molecular weight excluding hydrogens is 208 g/mol. The Morgan fingerprint density at radius 1 is 1.00 bits per heavy atom. The third-order valence-corrected chi connectivity index (χ3v) is 2.78. The molecule has 2 rings (SSSR count). The smallest absolute Gasteiger partial charge is 0.0753 e. The lowest BCUT2D eigenvalue weighted by Crippen LogP contribution is -2.00. The van der Waals surface area contributed by atoms with Gasteiger partial charge in [-0.25, -0.2) is 0 Å². The summed E-state index contributed by atoms with van der Waals surface area (Å²) < 4.78 is 0. The minimum Gasteiger partial charge on any atom is -0.399 e. The molecular formula is C15H14N2. The molecule has 0 aliphatic rings. The van der Waals surface area contributed by atoms with Crippen LogP contribution in [0.5, 0.6) is 0 Å². The maximum absolute atomic E-state index is 9.22. The summed E-state index contributed by atoms with van der Waals surface area (Å²) in [6.07, 6.45) is 0.723. The third kappa shape index (κ3) is 2.85. The zero-order valence-corrected chi connectivity index (χ0v) is 9.51. The van der Waals surface area contributed by atoms with Crippen molar-refractivity contribution >= 4 is 5.69 Å². The quantitative estimate of drug-likeness (QED) is 0.811. The van der Waals surface area contributed by atoms with Crippen molar-refractivity contribution in [2.24, 2.45) is 0 Å². The number of nitrogen functional groups attached to an aromatic ring is 1. The van der Waals surface area contributed by atoms with Crippen LogP contribution in [0.25, 0.3) is 0 Å². The van der Waals surface area contributed by atoms with E-state index in [9.17, 15) is 5.26 Å². The van der Waals surface area contributed by atoms with Crippen molar-refractivity contribution in [3.05, 3.63) is 65.7 Å². The molecule has 0 heterocycles. The maximum atomic E-state index is 9.22. The number of rotatable bonds is 3. The molecule has 0 fully saturated rings. The van der Waals surface area contributed by atoms with Gasteiger partial charge in [-0.05, 0) is 29.7 Å². The molecule has 0 saturated heterocycles. The summed E-state index contributed by atoms with van der Waals surface area (Å²) in [7, 11) is 0. The zero-order chi connectivity index (χ0) is 12.1. The van der Waals surface area contributed by atoms with E-state index in [0.717, 1.165) is 23.2 Å². The first-order valence-electron chi connectivity index (χ1n) is 5.58. The van der Waals surface area contributed by atoms with E-state index in [2.05, 4.69) is 6.07 Å². The average Bonchev–Trinajstić information content (AvgIpc) is 2.39. The van der Waals surface area contributed by atoms with Crippen LogP contribution in [0.3, 0.4) is 0 Å². The molecule has 0 aliphatic heterocycles. The van der Waals surface area contributed by atoms with Crippen LogP contribution in [0.15, 0.2) is 54.6 Å². The Balaban J connectivity index is 2.17. The van der Waals surface area contributed by atoms with Gasteiger partial charge in [-0.15, -0.1) is 0 Å². The molecule has 0 saturated carbocycles. The van der Waals surface area contributed by atoms with E-state index in [1.807, 2.05) is 54.6 Å². The van der Waals surface area contributed by atoms with Crippen LogP contribution in [0.1, 0.15) is 17.0 Å². The number of nitrogens with zero attached hydrogens (tertiary/aromatic N) is 1. The minimum atomic E-state index is -0.0974. The van der Waals surface area contributed by atoms with Crippen LogP contribution < -0.4 is 5.73 Å². The van der Waals surface area contributed by atoms with Crippen LogP contribution in [-0.2, 0) is 6.42 Å². The second-order valence-corrected chi connectivity index (χ2v) is 4.04. The number of anilines is 1. The van der Waals surface area contributed by atoms with Gasteiger partial charge in [-0.2, -0.15) is 5.26 Å². The van der Waals surface area contributed by atoms with E-state index in [0.29, 0.717) is 0 Å². The minimum absolute atomic E-state index is 0.0974. The van der Waals surface area contributed by atoms with Crippen molar-refractivity contribution < 1.29 is 0 Å². The summed E-state index contributed by atoms with van der Waals surface area (Å²) >= 11 is 0. The van der Waals surface area contributed by atoms with Gasteiger partial charge in [-0.3, -0.25) is 0 Å². The molecule has 0 bridgehead atoms. The van der Waals surface area contributed by atoms with Crippen LogP contribution >= 0.6 is 0 Å². The van der Waals surface area contributed by atoms with Crippen molar-refractivity contribution in [1.82, 2.24) is 0 Å². The van der Waals surface area contributed by atoms with Gasteiger partial charge in [0.05, 0.1) is 12.0 Å². The fourth-order valence-corrected chi connectivity index (χ4v) is 1.81. The molecule has 17 heavy (non-hydrogen) atoms. The van der Waals surface area contributed by atoms with Gasteiger partial charge < -0.3 is 5.73 Å². The standard InChI is InChI=1S/C15H14N2/c16-11-14(13-4-2-1-3-5-13)10-12-6-8-15(17)9-7-12/h1-9,14H,10,17H2. The van der Waals surface area contributed by atoms with Gasteiger partial charge in [-0.1, -0.05) is 42.5 Å². The van der Waals surface area contributed by atoms with Crippen LogP contribution in [0.2, 0.25) is 0 Å². The zero-order valence-electron chi connectivity index (χ0n) is 9.51. The molecule has 0 aliphatic carbocycles. The highest BCUT2D eigenvalue weighted by Crippen LogP contribution is 2.20. The Kier molecular flexibility index (Phi) is 3.42. The number of nitriles is 1. The number of nitrogens with two attached hydrogens (primary N) is 1. The normalized spacial score (nSPS) is 11.7. The summed E-state index contributed by atoms with van der Waals surface area (Å²) in [6.45, 7) is 0. The first-order valence-corrected chi connectivity index (χ1v) is 5.58. The Morgan fingerprint density at radius 3 is 2.24 bits per heavy atom. The average molecular weight is 222 g/mol. The predicted octanol–water partition coefficient (Wildman–Crippen LogP) is 3.12. The molecule has 0 aromatic heterocycles. The largest absolute Gasteiger partial charge is 0.399 e. The Bertz CT molecular complexity index is 509. The number of hydrogen-bond acceptors (Lipinski definition) is 2. The molecule has 1 atom stereocenters. The van der Waals surface area contributed by atoms with E-state index in [4.69, 9.17) is 5.73 Å². The van der Waals surface area contributed by atoms with Crippen LogP contribution in [0, 0.1) is 11.3 Å². The summed E-state index contributed by atoms with van der Waals surface area (Å²) in [6, 6.07) is 19.9. The van der Waals surface area contributed by atoms with Gasteiger partial charge in [0.1, 0.15) is 0 Å². The monoisotopic (exact) mass is 222 g/mol. The Morgan fingerprint density at radius 2 is 1.65 bits per heavy atom. The molecule has 2 nitrogen and oxygen atoms in total. The SMILES string of the molecule is N#CC(Cc1ccc(N)cc1)c1ccccc1. The topological polar surface area (TPSA) is 49.8 Å². The predicted molar refractivity (Wildman–Crippen MR) is 69.4 cm³/mol. The fourth-order valence-electron chi connectivity index (χ4n) is 1.81. The summed E-state index contributed by atoms with van der Waals surface area (Å²) in [5, 5.41) is 9.22. The first-order chi connectivity index (χ1) is 8.29. The summed E-state index contributed by atoms with van der Waals surface area (Å²) in [5.41, 5.74) is 8.58. The van der Waals surface area contributed by atoms with Crippen molar-refractivity contribution in [3.63, 3.8) is 0 Å². The van der Waals surface area contributed by atoms with Crippen molar-refractivity contribution in [2.45, 2.75) is 12.3 Å². The van der Waals surface area contributed by atoms with Crippen molar-refractivity contribution in [1.29, 1.82) is 5.26 Å².